The van der Waals surface area contributed by atoms with E-state index in [0.29, 0.717) is 29.8 Å². The molecule has 1 unspecified atom stereocenters. The molecule has 6 saturated carbocycles. The van der Waals surface area contributed by atoms with E-state index >= 15 is 0 Å². The number of benzene rings is 1. The van der Waals surface area contributed by atoms with Crippen molar-refractivity contribution in [2.75, 3.05) is 5.32 Å². The first kappa shape index (κ1) is 22.5. The molecule has 3 atom stereocenters. The van der Waals surface area contributed by atoms with Gasteiger partial charge in [0.05, 0.1) is 23.5 Å². The van der Waals surface area contributed by atoms with Crippen LogP contribution in [0.25, 0.3) is 0 Å². The molecular weight excluding hydrogens is 454 g/mol. The van der Waals surface area contributed by atoms with Crippen molar-refractivity contribution in [2.45, 2.75) is 82.3 Å². The van der Waals surface area contributed by atoms with Crippen molar-refractivity contribution in [1.29, 1.82) is 0 Å². The number of carboxylic acids is 1. The second-order valence-electron chi connectivity index (χ2n) is 12.5. The van der Waals surface area contributed by atoms with Crippen LogP contribution in [0, 0.1) is 29.6 Å². The van der Waals surface area contributed by atoms with Gasteiger partial charge in [0.25, 0.3) is 5.91 Å². The van der Waals surface area contributed by atoms with Crippen LogP contribution in [0.1, 0.15) is 102 Å². The highest BCUT2D eigenvalue weighted by molar-refractivity contribution is 6.04. The summed E-state index contributed by atoms with van der Waals surface area (Å²) in [5.41, 5.74) is 1.70. The largest absolute Gasteiger partial charge is 0.478 e. The number of aromatic carboxylic acids is 1. The van der Waals surface area contributed by atoms with Crippen LogP contribution in [-0.4, -0.2) is 32.6 Å². The van der Waals surface area contributed by atoms with Crippen LogP contribution in [0.4, 0.5) is 5.69 Å². The molecule has 1 aromatic heterocycles. The van der Waals surface area contributed by atoms with Gasteiger partial charge in [0.2, 0.25) is 0 Å². The molecule has 3 N–H and O–H groups in total. The topological polar surface area (TPSA) is 104 Å². The Kier molecular flexibility index (Phi) is 5.28. The maximum Gasteiger partial charge on any atom is 0.335 e. The van der Waals surface area contributed by atoms with Gasteiger partial charge in [-0.15, -0.1) is 0 Å². The van der Waals surface area contributed by atoms with E-state index in [-0.39, 0.29) is 17.1 Å². The summed E-state index contributed by atoms with van der Waals surface area (Å²) in [6.07, 6.45) is 12.5. The van der Waals surface area contributed by atoms with E-state index in [1.807, 2.05) is 0 Å². The van der Waals surface area contributed by atoms with Crippen LogP contribution >= 0.6 is 0 Å². The number of aromatic nitrogens is 2. The number of imidazole rings is 1. The Morgan fingerprint density at radius 1 is 1.03 bits per heavy atom. The molecule has 36 heavy (non-hydrogen) atoms. The van der Waals surface area contributed by atoms with Crippen molar-refractivity contribution >= 4 is 17.6 Å². The number of anilines is 1. The summed E-state index contributed by atoms with van der Waals surface area (Å²) in [7, 11) is 0. The van der Waals surface area contributed by atoms with E-state index in [4.69, 9.17) is 9.72 Å². The molecule has 0 radical (unpaired) electrons. The van der Waals surface area contributed by atoms with E-state index < -0.39 is 5.97 Å². The van der Waals surface area contributed by atoms with Crippen LogP contribution < -0.4 is 5.32 Å². The molecule has 6 fully saturated rings. The lowest BCUT2D eigenvalue weighted by Gasteiger charge is -2.56. The Bertz CT molecular complexity index is 1170. The fourth-order valence-corrected chi connectivity index (χ4v) is 8.83. The van der Waals surface area contributed by atoms with Crippen molar-refractivity contribution in [3.63, 3.8) is 0 Å². The third-order valence-corrected chi connectivity index (χ3v) is 9.97. The minimum atomic E-state index is -1.02. The Balaban J connectivity index is 1.15. The lowest BCUT2D eigenvalue weighted by Crippen LogP contribution is -2.51. The molecule has 6 aliphatic rings. The van der Waals surface area contributed by atoms with Gasteiger partial charge in [0.15, 0.2) is 5.69 Å². The molecule has 1 amide bonds. The van der Waals surface area contributed by atoms with Gasteiger partial charge in [-0.2, -0.15) is 0 Å². The van der Waals surface area contributed by atoms with Crippen molar-refractivity contribution in [3.05, 3.63) is 47.0 Å². The Labute approximate surface area is 211 Å². The number of hydrogen-bond acceptors (Lipinski definition) is 4. The van der Waals surface area contributed by atoms with E-state index in [1.165, 1.54) is 50.7 Å². The van der Waals surface area contributed by atoms with Crippen LogP contribution in [-0.2, 0) is 11.3 Å². The van der Waals surface area contributed by atoms with Crippen LogP contribution in [0.5, 0.6) is 0 Å². The first-order chi connectivity index (χ1) is 17.4. The summed E-state index contributed by atoms with van der Waals surface area (Å²) >= 11 is 0. The minimum Gasteiger partial charge on any atom is -0.478 e. The highest BCUT2D eigenvalue weighted by Gasteiger charge is 2.52. The zero-order chi connectivity index (χ0) is 24.4. The van der Waals surface area contributed by atoms with E-state index in [1.54, 1.807) is 12.1 Å². The van der Waals surface area contributed by atoms with Gasteiger partial charge in [0, 0.05) is 11.6 Å². The molecule has 6 bridgehead atoms. The monoisotopic (exact) mass is 489 g/mol. The molecule has 1 heterocycles. The zero-order valence-electron chi connectivity index (χ0n) is 20.7. The lowest BCUT2D eigenvalue weighted by molar-refractivity contribution is -0.169. The number of rotatable bonds is 7. The first-order valence-corrected chi connectivity index (χ1v) is 13.8. The Morgan fingerprint density at radius 3 is 2.42 bits per heavy atom. The fraction of sp³-hybridized carbons (Fsp3) is 0.621. The highest BCUT2D eigenvalue weighted by Crippen LogP contribution is 2.57. The first-order valence-electron chi connectivity index (χ1n) is 13.8. The summed E-state index contributed by atoms with van der Waals surface area (Å²) in [6, 6.07) is 6.35. The number of ether oxygens (including phenoxy) is 1. The second kappa shape index (κ2) is 8.44. The number of amides is 1. The molecule has 1 aromatic carbocycles. The smallest absolute Gasteiger partial charge is 0.335 e. The summed E-state index contributed by atoms with van der Waals surface area (Å²) in [6.45, 7) is 0.373. The third-order valence-electron chi connectivity index (χ3n) is 9.97. The number of carbonyl (C=O) groups excluding carboxylic acids is 1. The van der Waals surface area contributed by atoms with Gasteiger partial charge in [-0.05, 0) is 106 Å². The molecule has 190 valence electrons. The van der Waals surface area contributed by atoms with E-state index in [2.05, 4.69) is 10.3 Å². The fourth-order valence-electron chi connectivity index (χ4n) is 8.83. The minimum absolute atomic E-state index is 0.0456. The summed E-state index contributed by atoms with van der Waals surface area (Å²) in [5.74, 6) is 3.82. The van der Waals surface area contributed by atoms with Crippen molar-refractivity contribution < 1.29 is 19.4 Å². The molecule has 6 aliphatic carbocycles. The van der Waals surface area contributed by atoms with Gasteiger partial charge in [-0.1, -0.05) is 12.5 Å². The third kappa shape index (κ3) is 3.96. The average molecular weight is 490 g/mol. The Hall–Kier alpha value is -2.67. The number of H-pyrrole nitrogens is 1. The second-order valence-corrected chi connectivity index (χ2v) is 12.5. The summed E-state index contributed by atoms with van der Waals surface area (Å²) in [4.78, 5) is 33.2. The zero-order valence-corrected chi connectivity index (χ0v) is 20.7. The Morgan fingerprint density at radius 2 is 1.78 bits per heavy atom. The number of fused-ring (bicyclic) bond motifs is 2. The average Bonchev–Trinajstić information content (AvgIpc) is 3.58. The van der Waals surface area contributed by atoms with Crippen LogP contribution in [0.15, 0.2) is 24.3 Å². The molecule has 7 heteroatoms. The van der Waals surface area contributed by atoms with E-state index in [9.17, 15) is 14.7 Å². The molecule has 7 nitrogen and oxygen atoms in total. The lowest BCUT2D eigenvalue weighted by atomic mass is 9.54. The number of hydrogen-bond donors (Lipinski definition) is 3. The molecular formula is C29H35N3O4. The van der Waals surface area contributed by atoms with Gasteiger partial charge >= 0.3 is 5.97 Å². The van der Waals surface area contributed by atoms with Gasteiger partial charge < -0.3 is 20.1 Å². The van der Waals surface area contributed by atoms with Crippen molar-refractivity contribution in [3.8, 4) is 0 Å². The summed E-state index contributed by atoms with van der Waals surface area (Å²) in [5, 5.41) is 12.2. The van der Waals surface area contributed by atoms with Crippen LogP contribution in [0.3, 0.4) is 0 Å². The number of carboxylic acid groups (broad SMARTS) is 1. The van der Waals surface area contributed by atoms with Gasteiger partial charge in [-0.25, -0.2) is 9.78 Å². The van der Waals surface area contributed by atoms with E-state index in [0.717, 1.165) is 60.9 Å². The number of carbonyl (C=O) groups is 2. The number of aromatic amines is 1. The van der Waals surface area contributed by atoms with Gasteiger partial charge in [0.1, 0.15) is 5.82 Å². The standard InChI is InChI=1S/C29H35N3O4/c33-27(30-22-3-1-2-21(11-22)28(34)35)25-24(31-26(32-25)23-10-16-4-5-20(23)9-16)15-36-29-12-17-6-18(13-29)8-19(7-17)14-29/h1-3,11,16-20,23H,4-10,12-15H2,(H,30,33)(H,31,32)(H,34,35)/t16?,17?,18?,19?,20-,23-,29?/m0/s1. The van der Waals surface area contributed by atoms with Gasteiger partial charge in [-0.3, -0.25) is 4.79 Å². The SMILES string of the molecule is O=C(O)c1cccc(NC(=O)c2nc([C@H]3CC4CC[C@H]3C4)[nH]c2COC23CC4CC(CC(C4)C2)C3)c1. The maximum absolute atomic E-state index is 13.4. The maximum atomic E-state index is 13.4. The molecule has 2 aromatic rings. The number of nitrogens with zero attached hydrogens (tertiary/aromatic N) is 1. The molecule has 8 rings (SSSR count). The predicted molar refractivity (Wildman–Crippen MR) is 134 cm³/mol. The molecule has 0 spiro atoms. The normalized spacial score (nSPS) is 35.9. The quantitative estimate of drug-likeness (QED) is 0.459. The summed E-state index contributed by atoms with van der Waals surface area (Å²) < 4.78 is 6.73. The number of nitrogens with one attached hydrogen (secondary N) is 2. The molecule has 0 saturated heterocycles. The predicted octanol–water partition coefficient (Wildman–Crippen LogP) is 5.75. The molecule has 0 aliphatic heterocycles. The van der Waals surface area contributed by atoms with Crippen LogP contribution in [0.2, 0.25) is 0 Å². The van der Waals surface area contributed by atoms with Crippen molar-refractivity contribution in [1.82, 2.24) is 9.97 Å². The highest BCUT2D eigenvalue weighted by atomic mass is 16.5. The van der Waals surface area contributed by atoms with Crippen molar-refractivity contribution in [2.24, 2.45) is 29.6 Å².